The van der Waals surface area contributed by atoms with E-state index in [2.05, 4.69) is 9.88 Å². The van der Waals surface area contributed by atoms with Crippen molar-refractivity contribution in [2.75, 3.05) is 26.3 Å². The molecule has 1 aromatic carbocycles. The van der Waals surface area contributed by atoms with Crippen LogP contribution in [0, 0.1) is 5.82 Å². The molecule has 2 aromatic rings. The Hall–Kier alpha value is -1.39. The molecule has 1 aliphatic heterocycles. The lowest BCUT2D eigenvalue weighted by molar-refractivity contribution is 0.0343. The van der Waals surface area contributed by atoms with Crippen LogP contribution >= 0.6 is 0 Å². The molecule has 0 atom stereocenters. The van der Waals surface area contributed by atoms with Crippen LogP contribution in [-0.2, 0) is 11.3 Å². The van der Waals surface area contributed by atoms with E-state index >= 15 is 0 Å². The Kier molecular flexibility index (Phi) is 2.82. The molecule has 0 amide bonds. The van der Waals surface area contributed by atoms with E-state index in [1.54, 1.807) is 12.1 Å². The lowest BCUT2D eigenvalue weighted by Crippen LogP contribution is -2.35. The first-order valence-corrected chi connectivity index (χ1v) is 5.88. The minimum Gasteiger partial charge on any atom is -0.379 e. The quantitative estimate of drug-likeness (QED) is 0.862. The zero-order chi connectivity index (χ0) is 11.7. The van der Waals surface area contributed by atoms with Crippen LogP contribution < -0.4 is 0 Å². The molecule has 0 radical (unpaired) electrons. The summed E-state index contributed by atoms with van der Waals surface area (Å²) in [6.45, 7) is 4.32. The Morgan fingerprint density at radius 1 is 1.29 bits per heavy atom. The molecule has 2 heterocycles. The summed E-state index contributed by atoms with van der Waals surface area (Å²) in [5.74, 6) is -0.180. The van der Waals surface area contributed by atoms with E-state index in [0.717, 1.165) is 49.3 Å². The molecule has 0 unspecified atom stereocenters. The van der Waals surface area contributed by atoms with Gasteiger partial charge in [0, 0.05) is 36.7 Å². The Morgan fingerprint density at radius 2 is 2.12 bits per heavy atom. The highest BCUT2D eigenvalue weighted by Gasteiger charge is 2.13. The largest absolute Gasteiger partial charge is 0.379 e. The number of halogens is 1. The van der Waals surface area contributed by atoms with Gasteiger partial charge in [0.2, 0.25) is 0 Å². The third-order valence-electron chi connectivity index (χ3n) is 3.23. The third kappa shape index (κ3) is 2.18. The van der Waals surface area contributed by atoms with Crippen LogP contribution in [0.1, 0.15) is 5.56 Å². The van der Waals surface area contributed by atoms with Gasteiger partial charge < -0.3 is 9.72 Å². The minimum absolute atomic E-state index is 0.180. The minimum atomic E-state index is -0.180. The lowest BCUT2D eigenvalue weighted by Gasteiger charge is -2.26. The molecule has 0 aliphatic carbocycles. The number of aromatic nitrogens is 1. The predicted octanol–water partition coefficient (Wildman–Crippen LogP) is 2.14. The highest BCUT2D eigenvalue weighted by molar-refractivity contribution is 5.83. The van der Waals surface area contributed by atoms with Crippen LogP contribution in [0.25, 0.3) is 10.9 Å². The number of benzene rings is 1. The van der Waals surface area contributed by atoms with Crippen molar-refractivity contribution in [2.24, 2.45) is 0 Å². The van der Waals surface area contributed by atoms with E-state index in [4.69, 9.17) is 4.74 Å². The molecule has 90 valence electrons. The van der Waals surface area contributed by atoms with Gasteiger partial charge in [-0.15, -0.1) is 0 Å². The van der Waals surface area contributed by atoms with E-state index in [-0.39, 0.29) is 5.82 Å². The van der Waals surface area contributed by atoms with Gasteiger partial charge in [-0.2, -0.15) is 0 Å². The van der Waals surface area contributed by atoms with Gasteiger partial charge in [-0.3, -0.25) is 4.90 Å². The van der Waals surface area contributed by atoms with Crippen molar-refractivity contribution in [2.45, 2.75) is 6.54 Å². The fourth-order valence-electron chi connectivity index (χ4n) is 2.28. The maximum atomic E-state index is 13.2. The fourth-order valence-corrected chi connectivity index (χ4v) is 2.28. The molecule has 3 nitrogen and oxygen atoms in total. The van der Waals surface area contributed by atoms with Crippen molar-refractivity contribution in [1.29, 1.82) is 0 Å². The molecule has 4 heteroatoms. The van der Waals surface area contributed by atoms with Crippen LogP contribution in [0.15, 0.2) is 24.4 Å². The summed E-state index contributed by atoms with van der Waals surface area (Å²) in [4.78, 5) is 5.51. The van der Waals surface area contributed by atoms with Crippen LogP contribution in [0.4, 0.5) is 4.39 Å². The number of morpholine rings is 1. The predicted molar refractivity (Wildman–Crippen MR) is 64.4 cm³/mol. The number of fused-ring (bicyclic) bond motifs is 1. The van der Waals surface area contributed by atoms with E-state index < -0.39 is 0 Å². The molecule has 1 aliphatic rings. The maximum Gasteiger partial charge on any atom is 0.123 e. The van der Waals surface area contributed by atoms with Gasteiger partial charge >= 0.3 is 0 Å². The number of ether oxygens (including phenoxy) is 1. The monoisotopic (exact) mass is 234 g/mol. The average Bonchev–Trinajstić information content (AvgIpc) is 2.73. The normalized spacial score (nSPS) is 17.7. The second-order valence-corrected chi connectivity index (χ2v) is 4.39. The Balaban J connectivity index is 1.86. The zero-order valence-electron chi connectivity index (χ0n) is 9.58. The Bertz CT molecular complexity index is 517. The summed E-state index contributed by atoms with van der Waals surface area (Å²) < 4.78 is 18.5. The standard InChI is InChI=1S/C13H15FN2O/c14-11-1-2-13-12(7-11)10(8-15-13)9-16-3-5-17-6-4-16/h1-2,7-8,15H,3-6,9H2. The van der Waals surface area contributed by atoms with Gasteiger partial charge in [-0.25, -0.2) is 4.39 Å². The van der Waals surface area contributed by atoms with Crippen LogP contribution in [0.3, 0.4) is 0 Å². The second-order valence-electron chi connectivity index (χ2n) is 4.39. The number of H-pyrrole nitrogens is 1. The van der Waals surface area contributed by atoms with Gasteiger partial charge in [0.1, 0.15) is 5.82 Å². The number of hydrogen-bond acceptors (Lipinski definition) is 2. The molecular weight excluding hydrogens is 219 g/mol. The zero-order valence-corrected chi connectivity index (χ0v) is 9.58. The van der Waals surface area contributed by atoms with Crippen LogP contribution in [0.5, 0.6) is 0 Å². The maximum absolute atomic E-state index is 13.2. The molecule has 0 bridgehead atoms. The molecule has 1 fully saturated rings. The number of rotatable bonds is 2. The summed E-state index contributed by atoms with van der Waals surface area (Å²) in [7, 11) is 0. The smallest absolute Gasteiger partial charge is 0.123 e. The second kappa shape index (κ2) is 4.47. The molecule has 1 saturated heterocycles. The fraction of sp³-hybridized carbons (Fsp3) is 0.385. The van der Waals surface area contributed by atoms with Crippen molar-refractivity contribution in [3.05, 3.63) is 35.8 Å². The molecule has 1 N–H and O–H groups in total. The first kappa shape index (κ1) is 10.7. The molecular formula is C13H15FN2O. The number of hydrogen-bond donors (Lipinski definition) is 1. The van der Waals surface area contributed by atoms with E-state index in [9.17, 15) is 4.39 Å². The SMILES string of the molecule is Fc1ccc2[nH]cc(CN3CCOCC3)c2c1. The topological polar surface area (TPSA) is 28.3 Å². The van der Waals surface area contributed by atoms with Crippen molar-refractivity contribution >= 4 is 10.9 Å². The van der Waals surface area contributed by atoms with E-state index in [0.29, 0.717) is 0 Å². The van der Waals surface area contributed by atoms with Gasteiger partial charge in [-0.1, -0.05) is 0 Å². The summed E-state index contributed by atoms with van der Waals surface area (Å²) in [5.41, 5.74) is 2.15. The molecule has 1 aromatic heterocycles. The van der Waals surface area contributed by atoms with Gasteiger partial charge in [0.15, 0.2) is 0 Å². The summed E-state index contributed by atoms with van der Waals surface area (Å²) in [5, 5.41) is 0.983. The lowest BCUT2D eigenvalue weighted by atomic mass is 10.1. The highest BCUT2D eigenvalue weighted by atomic mass is 19.1. The summed E-state index contributed by atoms with van der Waals surface area (Å²) in [6, 6.07) is 4.87. The van der Waals surface area contributed by atoms with Gasteiger partial charge in [0.05, 0.1) is 13.2 Å². The van der Waals surface area contributed by atoms with Gasteiger partial charge in [-0.05, 0) is 23.8 Å². The van der Waals surface area contributed by atoms with E-state index in [1.165, 1.54) is 6.07 Å². The van der Waals surface area contributed by atoms with E-state index in [1.807, 2.05) is 6.20 Å². The third-order valence-corrected chi connectivity index (χ3v) is 3.23. The molecule has 17 heavy (non-hydrogen) atoms. The van der Waals surface area contributed by atoms with Crippen LogP contribution in [-0.4, -0.2) is 36.2 Å². The summed E-state index contributed by atoms with van der Waals surface area (Å²) >= 11 is 0. The number of nitrogens with zero attached hydrogens (tertiary/aromatic N) is 1. The number of aromatic amines is 1. The molecule has 0 spiro atoms. The Labute approximate surface area is 99.2 Å². The van der Waals surface area contributed by atoms with Crippen molar-refractivity contribution in [3.8, 4) is 0 Å². The van der Waals surface area contributed by atoms with Gasteiger partial charge in [0.25, 0.3) is 0 Å². The first-order valence-electron chi connectivity index (χ1n) is 5.88. The molecule has 3 rings (SSSR count). The van der Waals surface area contributed by atoms with Crippen LogP contribution in [0.2, 0.25) is 0 Å². The van der Waals surface area contributed by atoms with Crippen molar-refractivity contribution in [3.63, 3.8) is 0 Å². The van der Waals surface area contributed by atoms with Crippen molar-refractivity contribution in [1.82, 2.24) is 9.88 Å². The average molecular weight is 234 g/mol. The highest BCUT2D eigenvalue weighted by Crippen LogP contribution is 2.21. The Morgan fingerprint density at radius 3 is 2.94 bits per heavy atom. The van der Waals surface area contributed by atoms with Crippen molar-refractivity contribution < 1.29 is 9.13 Å². The number of nitrogens with one attached hydrogen (secondary N) is 1. The molecule has 0 saturated carbocycles. The summed E-state index contributed by atoms with van der Waals surface area (Å²) in [6.07, 6.45) is 1.97. The first-order chi connectivity index (χ1) is 8.33.